The van der Waals surface area contributed by atoms with Crippen molar-refractivity contribution >= 4 is 11.7 Å². The first-order valence-electron chi connectivity index (χ1n) is 8.52. The van der Waals surface area contributed by atoms with Gasteiger partial charge in [-0.15, -0.1) is 0 Å². The van der Waals surface area contributed by atoms with Crippen LogP contribution in [0.15, 0.2) is 18.3 Å². The molecule has 0 spiro atoms. The highest BCUT2D eigenvalue weighted by atomic mass is 16.5. The van der Waals surface area contributed by atoms with Crippen molar-refractivity contribution in [1.82, 2.24) is 9.88 Å². The minimum absolute atomic E-state index is 0.0539. The molecule has 1 N–H and O–H groups in total. The average molecular weight is 319 g/mol. The number of hydrogen-bond donors (Lipinski definition) is 1. The average Bonchev–Trinajstić information content (AvgIpc) is 3.11. The van der Waals surface area contributed by atoms with Crippen molar-refractivity contribution in [3.05, 3.63) is 18.3 Å². The number of anilines is 1. The lowest BCUT2D eigenvalue weighted by Gasteiger charge is -2.34. The van der Waals surface area contributed by atoms with Crippen molar-refractivity contribution in [3.8, 4) is 5.88 Å². The predicted octanol–water partition coefficient (Wildman–Crippen LogP) is 2.90. The first-order chi connectivity index (χ1) is 11.3. The number of urea groups is 1. The maximum atomic E-state index is 12.3. The Labute approximate surface area is 137 Å². The molecule has 23 heavy (non-hydrogen) atoms. The lowest BCUT2D eigenvalue weighted by Crippen LogP contribution is -2.43. The van der Waals surface area contributed by atoms with Crippen LogP contribution in [0.1, 0.15) is 32.6 Å². The van der Waals surface area contributed by atoms with Crippen molar-refractivity contribution < 1.29 is 14.3 Å². The van der Waals surface area contributed by atoms with Gasteiger partial charge in [-0.1, -0.05) is 0 Å². The van der Waals surface area contributed by atoms with E-state index in [0.717, 1.165) is 32.5 Å². The van der Waals surface area contributed by atoms with Crippen LogP contribution in [0.25, 0.3) is 0 Å². The zero-order chi connectivity index (χ0) is 16.1. The van der Waals surface area contributed by atoms with E-state index >= 15 is 0 Å². The van der Waals surface area contributed by atoms with E-state index in [2.05, 4.69) is 10.3 Å². The first-order valence-corrected chi connectivity index (χ1v) is 8.52. The Morgan fingerprint density at radius 2 is 2.22 bits per heavy atom. The topological polar surface area (TPSA) is 63.7 Å². The van der Waals surface area contributed by atoms with Crippen LogP contribution in [-0.2, 0) is 4.74 Å². The van der Waals surface area contributed by atoms with Crippen molar-refractivity contribution in [2.24, 2.45) is 5.92 Å². The number of amides is 2. The Morgan fingerprint density at radius 3 is 2.83 bits per heavy atom. The number of pyridine rings is 1. The third kappa shape index (κ3) is 4.13. The standard InChI is InChI=1S/C17H25N3O3/c1-2-22-16-6-5-14(12-18-16)19-17(21)20-9-7-13(8-10-20)15-4-3-11-23-15/h5-6,12-13,15H,2-4,7-11H2,1H3,(H,19,21). The van der Waals surface area contributed by atoms with E-state index < -0.39 is 0 Å². The highest BCUT2D eigenvalue weighted by molar-refractivity contribution is 5.89. The maximum absolute atomic E-state index is 12.3. The number of nitrogens with one attached hydrogen (secondary N) is 1. The highest BCUT2D eigenvalue weighted by Gasteiger charge is 2.30. The smallest absolute Gasteiger partial charge is 0.321 e. The summed E-state index contributed by atoms with van der Waals surface area (Å²) in [5.74, 6) is 1.18. The van der Waals surface area contributed by atoms with Gasteiger partial charge in [-0.2, -0.15) is 0 Å². The number of ether oxygens (including phenoxy) is 2. The summed E-state index contributed by atoms with van der Waals surface area (Å²) in [6.07, 6.45) is 6.45. The number of likely N-dealkylation sites (tertiary alicyclic amines) is 1. The molecule has 0 bridgehead atoms. The lowest BCUT2D eigenvalue weighted by molar-refractivity contribution is 0.0382. The van der Waals surface area contributed by atoms with Crippen molar-refractivity contribution in [3.63, 3.8) is 0 Å². The Balaban J connectivity index is 1.47. The molecule has 2 fully saturated rings. The van der Waals surface area contributed by atoms with Crippen LogP contribution in [0.3, 0.4) is 0 Å². The van der Waals surface area contributed by atoms with Crippen LogP contribution in [-0.4, -0.2) is 48.3 Å². The van der Waals surface area contributed by atoms with E-state index in [0.29, 0.717) is 30.2 Å². The Kier molecular flexibility index (Phi) is 5.33. The van der Waals surface area contributed by atoms with Gasteiger partial charge < -0.3 is 19.7 Å². The second kappa shape index (κ2) is 7.64. The summed E-state index contributed by atoms with van der Waals surface area (Å²) in [5, 5.41) is 2.90. The Bertz CT molecular complexity index is 506. The molecule has 3 heterocycles. The van der Waals surface area contributed by atoms with Crippen LogP contribution in [0.5, 0.6) is 5.88 Å². The summed E-state index contributed by atoms with van der Waals surface area (Å²) in [5.41, 5.74) is 0.694. The second-order valence-corrected chi connectivity index (χ2v) is 6.12. The largest absolute Gasteiger partial charge is 0.478 e. The number of rotatable bonds is 4. The van der Waals surface area contributed by atoms with E-state index in [1.807, 2.05) is 17.9 Å². The minimum atomic E-state index is -0.0539. The molecule has 1 aromatic rings. The number of piperidine rings is 1. The van der Waals surface area contributed by atoms with Crippen LogP contribution < -0.4 is 10.1 Å². The first kappa shape index (κ1) is 16.1. The molecule has 0 aliphatic carbocycles. The molecule has 2 saturated heterocycles. The molecule has 126 valence electrons. The van der Waals surface area contributed by atoms with Gasteiger partial charge in [0.15, 0.2) is 0 Å². The van der Waals surface area contributed by atoms with E-state index in [9.17, 15) is 4.79 Å². The minimum Gasteiger partial charge on any atom is -0.478 e. The maximum Gasteiger partial charge on any atom is 0.321 e. The van der Waals surface area contributed by atoms with Gasteiger partial charge in [-0.3, -0.25) is 0 Å². The summed E-state index contributed by atoms with van der Waals surface area (Å²) in [6, 6.07) is 3.53. The predicted molar refractivity (Wildman–Crippen MR) is 87.7 cm³/mol. The molecule has 2 amide bonds. The molecule has 1 atom stereocenters. The molecule has 3 rings (SSSR count). The van der Waals surface area contributed by atoms with E-state index in [1.54, 1.807) is 12.3 Å². The normalized spacial score (nSPS) is 22.1. The number of hydrogen-bond acceptors (Lipinski definition) is 4. The molecular formula is C17H25N3O3. The number of aromatic nitrogens is 1. The lowest BCUT2D eigenvalue weighted by atomic mass is 9.90. The van der Waals surface area contributed by atoms with Gasteiger partial charge in [0.2, 0.25) is 5.88 Å². The van der Waals surface area contributed by atoms with Crippen molar-refractivity contribution in [1.29, 1.82) is 0 Å². The van der Waals surface area contributed by atoms with Gasteiger partial charge in [-0.25, -0.2) is 9.78 Å². The Hall–Kier alpha value is -1.82. The number of carbonyl (C=O) groups is 1. The molecule has 0 saturated carbocycles. The van der Waals surface area contributed by atoms with Gasteiger partial charge in [0.05, 0.1) is 24.6 Å². The SMILES string of the molecule is CCOc1ccc(NC(=O)N2CCC(C3CCCO3)CC2)cn1. The molecule has 2 aliphatic heterocycles. The fourth-order valence-electron chi connectivity index (χ4n) is 3.34. The summed E-state index contributed by atoms with van der Waals surface area (Å²) in [6.45, 7) is 4.98. The fraction of sp³-hybridized carbons (Fsp3) is 0.647. The second-order valence-electron chi connectivity index (χ2n) is 6.12. The zero-order valence-electron chi connectivity index (χ0n) is 13.7. The summed E-state index contributed by atoms with van der Waals surface area (Å²) < 4.78 is 11.1. The van der Waals surface area contributed by atoms with Gasteiger partial charge in [0, 0.05) is 25.8 Å². The fourth-order valence-corrected chi connectivity index (χ4v) is 3.34. The van der Waals surface area contributed by atoms with Gasteiger partial charge >= 0.3 is 6.03 Å². The van der Waals surface area contributed by atoms with E-state index in [1.165, 1.54) is 12.8 Å². The third-order valence-corrected chi connectivity index (χ3v) is 4.60. The molecular weight excluding hydrogens is 294 g/mol. The molecule has 0 radical (unpaired) electrons. The van der Waals surface area contributed by atoms with Crippen molar-refractivity contribution in [2.75, 3.05) is 31.6 Å². The quantitative estimate of drug-likeness (QED) is 0.927. The molecule has 1 unspecified atom stereocenters. The number of nitrogens with zero attached hydrogens (tertiary/aromatic N) is 2. The van der Waals surface area contributed by atoms with Crippen LogP contribution in [0.2, 0.25) is 0 Å². The molecule has 2 aliphatic rings. The molecule has 6 nitrogen and oxygen atoms in total. The summed E-state index contributed by atoms with van der Waals surface area (Å²) in [4.78, 5) is 18.4. The van der Waals surface area contributed by atoms with Crippen LogP contribution in [0.4, 0.5) is 10.5 Å². The van der Waals surface area contributed by atoms with Gasteiger partial charge in [-0.05, 0) is 44.6 Å². The third-order valence-electron chi connectivity index (χ3n) is 4.60. The van der Waals surface area contributed by atoms with Gasteiger partial charge in [0.25, 0.3) is 0 Å². The summed E-state index contributed by atoms with van der Waals surface area (Å²) in [7, 11) is 0. The van der Waals surface area contributed by atoms with Crippen LogP contribution in [0, 0.1) is 5.92 Å². The highest BCUT2D eigenvalue weighted by Crippen LogP contribution is 2.29. The molecule has 6 heteroatoms. The molecule has 0 aromatic carbocycles. The zero-order valence-corrected chi connectivity index (χ0v) is 13.7. The summed E-state index contributed by atoms with van der Waals surface area (Å²) >= 11 is 0. The molecule has 1 aromatic heterocycles. The monoisotopic (exact) mass is 319 g/mol. The Morgan fingerprint density at radius 1 is 1.39 bits per heavy atom. The van der Waals surface area contributed by atoms with Crippen molar-refractivity contribution in [2.45, 2.75) is 38.7 Å². The number of carbonyl (C=O) groups excluding carboxylic acids is 1. The van der Waals surface area contributed by atoms with E-state index in [-0.39, 0.29) is 6.03 Å². The van der Waals surface area contributed by atoms with E-state index in [4.69, 9.17) is 9.47 Å². The van der Waals surface area contributed by atoms with Crippen LogP contribution >= 0.6 is 0 Å². The van der Waals surface area contributed by atoms with Gasteiger partial charge in [0.1, 0.15) is 0 Å².